The van der Waals surface area contributed by atoms with E-state index in [0.717, 1.165) is 109 Å². The lowest BCUT2D eigenvalue weighted by molar-refractivity contribution is -0.870. The Morgan fingerprint density at radius 2 is 0.914 bits per heavy atom. The van der Waals surface area contributed by atoms with Crippen molar-refractivity contribution in [2.45, 2.75) is 258 Å². The maximum absolute atomic E-state index is 13.5. The average Bonchev–Trinajstić information content (AvgIpc) is 3.32. The number of phosphoric ester groups is 1. The van der Waals surface area contributed by atoms with Gasteiger partial charge in [-0.2, -0.15) is 0 Å². The van der Waals surface area contributed by atoms with E-state index in [0.29, 0.717) is 23.9 Å². The second-order valence-electron chi connectivity index (χ2n) is 20.4. The van der Waals surface area contributed by atoms with E-state index >= 15 is 0 Å². The zero-order chi connectivity index (χ0) is 51.5. The number of nitrogens with one attached hydrogen (secondary N) is 1. The molecule has 1 amide bonds. The number of amides is 1. The van der Waals surface area contributed by atoms with Crippen LogP contribution >= 0.6 is 7.82 Å². The van der Waals surface area contributed by atoms with Gasteiger partial charge < -0.3 is 28.5 Å². The number of nitrogens with zero attached hydrogens (tertiary/aromatic N) is 1. The molecule has 0 heterocycles. The molecule has 1 N–H and O–H groups in total. The average molecular weight is 1000 g/mol. The molecule has 3 unspecified atom stereocenters. The van der Waals surface area contributed by atoms with Gasteiger partial charge in [-0.3, -0.25) is 14.2 Å². The van der Waals surface area contributed by atoms with E-state index in [-0.39, 0.29) is 24.9 Å². The van der Waals surface area contributed by atoms with Crippen LogP contribution in [0.25, 0.3) is 0 Å². The predicted molar refractivity (Wildman–Crippen MR) is 298 cm³/mol. The van der Waals surface area contributed by atoms with Gasteiger partial charge in [0.15, 0.2) is 0 Å². The third kappa shape index (κ3) is 50.4. The summed E-state index contributed by atoms with van der Waals surface area (Å²) in [5.41, 5.74) is 0. The molecular weight excluding hydrogens is 892 g/mol. The summed E-state index contributed by atoms with van der Waals surface area (Å²) in [6.45, 7) is 6.68. The van der Waals surface area contributed by atoms with Crippen LogP contribution in [0.15, 0.2) is 72.9 Å². The van der Waals surface area contributed by atoms with E-state index in [1.165, 1.54) is 96.3 Å². The molecule has 10 heteroatoms. The quantitative estimate of drug-likeness (QED) is 0.0212. The smallest absolute Gasteiger partial charge is 0.306 e. The van der Waals surface area contributed by atoms with Crippen molar-refractivity contribution in [1.29, 1.82) is 0 Å². The fourth-order valence-electron chi connectivity index (χ4n) is 7.92. The molecule has 0 spiro atoms. The first kappa shape index (κ1) is 67.5. The molecule has 9 nitrogen and oxygen atoms in total. The zero-order valence-electron chi connectivity index (χ0n) is 46.2. The molecular formula is C60H109N2O7P. The lowest BCUT2D eigenvalue weighted by Gasteiger charge is -2.30. The maximum atomic E-state index is 13.5. The summed E-state index contributed by atoms with van der Waals surface area (Å²) >= 11 is 0. The second kappa shape index (κ2) is 50.0. The van der Waals surface area contributed by atoms with Crippen LogP contribution in [-0.2, 0) is 27.9 Å². The number of carbonyl (C=O) groups is 2. The molecule has 70 heavy (non-hydrogen) atoms. The van der Waals surface area contributed by atoms with Crippen molar-refractivity contribution in [3.05, 3.63) is 72.9 Å². The number of rotatable bonds is 51. The van der Waals surface area contributed by atoms with Crippen LogP contribution in [0, 0.1) is 0 Å². The number of esters is 1. The molecule has 0 aromatic heterocycles. The van der Waals surface area contributed by atoms with Gasteiger partial charge in [-0.05, 0) is 96.0 Å². The normalized spacial score (nSPS) is 14.3. The van der Waals surface area contributed by atoms with E-state index in [1.54, 1.807) is 0 Å². The van der Waals surface area contributed by atoms with Gasteiger partial charge >= 0.3 is 5.97 Å². The molecule has 0 fully saturated rings. The van der Waals surface area contributed by atoms with Gasteiger partial charge in [-0.25, -0.2) is 0 Å². The summed E-state index contributed by atoms with van der Waals surface area (Å²) in [5.74, 6) is -0.568. The van der Waals surface area contributed by atoms with Gasteiger partial charge in [-0.1, -0.05) is 210 Å². The van der Waals surface area contributed by atoms with E-state index < -0.39 is 26.6 Å². The minimum absolute atomic E-state index is 0.0288. The highest BCUT2D eigenvalue weighted by Gasteiger charge is 2.27. The molecule has 0 aliphatic carbocycles. The van der Waals surface area contributed by atoms with Crippen molar-refractivity contribution < 1.29 is 37.3 Å². The molecule has 0 radical (unpaired) electrons. The van der Waals surface area contributed by atoms with Crippen LogP contribution in [0.2, 0.25) is 0 Å². The van der Waals surface area contributed by atoms with Crippen molar-refractivity contribution in [1.82, 2.24) is 5.32 Å². The summed E-state index contributed by atoms with van der Waals surface area (Å²) in [6, 6.07) is -0.899. The van der Waals surface area contributed by atoms with Crippen LogP contribution in [-0.4, -0.2) is 69.4 Å². The first-order valence-corrected chi connectivity index (χ1v) is 30.2. The molecule has 0 aromatic carbocycles. The van der Waals surface area contributed by atoms with Crippen LogP contribution in [0.5, 0.6) is 0 Å². The van der Waals surface area contributed by atoms with E-state index in [1.807, 2.05) is 33.3 Å². The molecule has 0 rings (SSSR count). The van der Waals surface area contributed by atoms with Gasteiger partial charge in [-0.15, -0.1) is 0 Å². The Labute approximate surface area is 432 Å². The van der Waals surface area contributed by atoms with Crippen LogP contribution in [0.4, 0.5) is 0 Å². The number of allylic oxidation sites excluding steroid dienone is 11. The lowest BCUT2D eigenvalue weighted by Crippen LogP contribution is -2.47. The Bertz CT molecular complexity index is 1430. The largest absolute Gasteiger partial charge is 0.756 e. The highest BCUT2D eigenvalue weighted by Crippen LogP contribution is 2.38. The minimum Gasteiger partial charge on any atom is -0.756 e. The number of unbranched alkanes of at least 4 members (excludes halogenated alkanes) is 25. The number of likely N-dealkylation sites (N-methyl/N-ethyl adjacent to an activating group) is 1. The number of hydrogen-bond acceptors (Lipinski definition) is 7. The first-order valence-electron chi connectivity index (χ1n) is 28.7. The fourth-order valence-corrected chi connectivity index (χ4v) is 8.64. The first-order chi connectivity index (χ1) is 33.9. The Balaban J connectivity index is 5.32. The summed E-state index contributed by atoms with van der Waals surface area (Å²) in [7, 11) is 1.16. The molecule has 0 aliphatic rings. The molecule has 0 bridgehead atoms. The van der Waals surface area contributed by atoms with E-state index in [4.69, 9.17) is 13.8 Å². The van der Waals surface area contributed by atoms with Gasteiger partial charge in [0.2, 0.25) is 5.91 Å². The van der Waals surface area contributed by atoms with Gasteiger partial charge in [0, 0.05) is 12.8 Å². The molecule has 0 saturated heterocycles. The highest BCUT2D eigenvalue weighted by molar-refractivity contribution is 7.45. The maximum Gasteiger partial charge on any atom is 0.306 e. The molecule has 0 aliphatic heterocycles. The van der Waals surface area contributed by atoms with Crippen molar-refractivity contribution >= 4 is 19.7 Å². The summed E-state index contributed by atoms with van der Waals surface area (Å²) in [5, 5.41) is 3.01. The third-order valence-electron chi connectivity index (χ3n) is 12.4. The highest BCUT2D eigenvalue weighted by atomic mass is 31.2. The fraction of sp³-hybridized carbons (Fsp3) is 0.767. The topological polar surface area (TPSA) is 114 Å². The number of ether oxygens (including phenoxy) is 1. The minimum atomic E-state index is -4.70. The van der Waals surface area contributed by atoms with Crippen LogP contribution in [0.3, 0.4) is 0 Å². The number of quaternary nitrogens is 1. The molecule has 0 saturated carbocycles. The Morgan fingerprint density at radius 3 is 1.40 bits per heavy atom. The standard InChI is InChI=1S/C60H109N2O7P/c1-7-10-13-16-19-22-25-27-29-30-31-32-33-35-38-41-44-47-50-53-60(64)69-58(51-48-45-42-39-36-24-21-18-15-12-9-3)57(56-68-70(65,66)67-55-54-62(4,5)6)61-59(63)52-49-46-43-40-37-34-28-26-23-20-17-14-11-8-2/h11,14,19-20,22-23,27,29,31-32,48,51,57-58H,7-10,12-13,15-18,21,24-26,28,30,33-47,49-50,52-56H2,1-6H3,(H-,61,63,65,66)/b14-11+,22-19-,23-20+,29-27-,32-31-,51-48+. The van der Waals surface area contributed by atoms with Crippen LogP contribution < -0.4 is 10.2 Å². The van der Waals surface area contributed by atoms with Crippen molar-refractivity contribution in [2.24, 2.45) is 0 Å². The van der Waals surface area contributed by atoms with Gasteiger partial charge in [0.05, 0.1) is 33.8 Å². The Morgan fingerprint density at radius 1 is 0.514 bits per heavy atom. The summed E-state index contributed by atoms with van der Waals surface area (Å²) in [4.78, 5) is 39.8. The number of phosphoric acid groups is 1. The van der Waals surface area contributed by atoms with Crippen LogP contribution in [0.1, 0.15) is 245 Å². The predicted octanol–water partition coefficient (Wildman–Crippen LogP) is 16.6. The molecule has 0 aromatic rings. The van der Waals surface area contributed by atoms with Crippen molar-refractivity contribution in [2.75, 3.05) is 40.9 Å². The van der Waals surface area contributed by atoms with E-state index in [9.17, 15) is 19.0 Å². The number of hydrogen-bond donors (Lipinski definition) is 1. The Hall–Kier alpha value is -2.55. The number of carbonyl (C=O) groups excluding carboxylic acids is 2. The van der Waals surface area contributed by atoms with E-state index in [2.05, 4.69) is 86.8 Å². The second-order valence-corrected chi connectivity index (χ2v) is 21.8. The van der Waals surface area contributed by atoms with Crippen molar-refractivity contribution in [3.63, 3.8) is 0 Å². The molecule has 406 valence electrons. The third-order valence-corrected chi connectivity index (χ3v) is 13.3. The zero-order valence-corrected chi connectivity index (χ0v) is 47.1. The lowest BCUT2D eigenvalue weighted by atomic mass is 10.1. The monoisotopic (exact) mass is 1000 g/mol. The van der Waals surface area contributed by atoms with Gasteiger partial charge in [0.1, 0.15) is 19.3 Å². The summed E-state index contributed by atoms with van der Waals surface area (Å²) in [6.07, 6.45) is 62.9. The summed E-state index contributed by atoms with van der Waals surface area (Å²) < 4.78 is 30.2. The van der Waals surface area contributed by atoms with Gasteiger partial charge in [0.25, 0.3) is 7.82 Å². The Kier molecular flexibility index (Phi) is 48.2. The van der Waals surface area contributed by atoms with Crippen molar-refractivity contribution in [3.8, 4) is 0 Å². The molecule has 3 atom stereocenters. The SMILES string of the molecule is CC/C=C/C/C=C/CCCCCCCCCC(=O)NC(COP(=O)([O-])OCC[N+](C)(C)C)C(/C=C/CCCCCCCCCCC)OC(=O)CCCCCCCC/C=C\C/C=C\C/C=C\CCCCC.